The third-order valence-electron chi connectivity index (χ3n) is 3.84. The molecule has 4 heteroatoms. The predicted octanol–water partition coefficient (Wildman–Crippen LogP) is 5.18. The summed E-state index contributed by atoms with van der Waals surface area (Å²) in [5.74, 6) is 0.737. The molecule has 3 aromatic rings. The zero-order chi connectivity index (χ0) is 17.1. The third kappa shape index (κ3) is 3.52. The molecule has 2 aromatic carbocycles. The maximum Gasteiger partial charge on any atom is 0.289 e. The first-order valence-corrected chi connectivity index (χ1v) is 8.08. The van der Waals surface area contributed by atoms with Crippen LogP contribution in [-0.2, 0) is 6.54 Å². The van der Waals surface area contributed by atoms with Gasteiger partial charge in [-0.3, -0.25) is 4.79 Å². The predicted molar refractivity (Wildman–Crippen MR) is 96.1 cm³/mol. The molecule has 0 saturated heterocycles. The maximum atomic E-state index is 12.5. The highest BCUT2D eigenvalue weighted by atomic mass is 35.5. The molecular weight excluding hydrogens is 322 g/mol. The number of aryl methyl sites for hydroxylation is 1. The summed E-state index contributed by atoms with van der Waals surface area (Å²) in [5, 5.41) is 0.596. The van der Waals surface area contributed by atoms with Gasteiger partial charge in [0.15, 0.2) is 5.76 Å². The Hall–Kier alpha value is -2.52. The number of halogens is 1. The third-order valence-corrected chi connectivity index (χ3v) is 4.17. The Kier molecular flexibility index (Phi) is 4.72. The number of hydrogen-bond acceptors (Lipinski definition) is 2. The molecule has 0 bridgehead atoms. The van der Waals surface area contributed by atoms with Gasteiger partial charge in [-0.1, -0.05) is 53.6 Å². The van der Waals surface area contributed by atoms with E-state index >= 15 is 0 Å². The minimum Gasteiger partial charge on any atom is -0.451 e. The molecule has 0 saturated carbocycles. The van der Waals surface area contributed by atoms with E-state index in [1.54, 1.807) is 30.1 Å². The fourth-order valence-electron chi connectivity index (χ4n) is 2.49. The number of hydrogen-bond donors (Lipinski definition) is 0. The van der Waals surface area contributed by atoms with Crippen LogP contribution in [0.15, 0.2) is 65.1 Å². The SMILES string of the molecule is Cc1ccc(CN(C)C(=O)c2ccc(-c3ccccc3Cl)o2)cc1. The lowest BCUT2D eigenvalue weighted by molar-refractivity contribution is 0.0754. The molecule has 0 spiro atoms. The van der Waals surface area contributed by atoms with Crippen LogP contribution < -0.4 is 0 Å². The van der Waals surface area contributed by atoms with Crippen molar-refractivity contribution in [1.29, 1.82) is 0 Å². The van der Waals surface area contributed by atoms with E-state index in [1.165, 1.54) is 5.56 Å². The number of furan rings is 1. The Morgan fingerprint density at radius 3 is 2.46 bits per heavy atom. The van der Waals surface area contributed by atoms with Crippen LogP contribution in [0.1, 0.15) is 21.7 Å². The molecule has 0 aliphatic rings. The molecule has 1 amide bonds. The molecule has 1 aromatic heterocycles. The number of benzene rings is 2. The van der Waals surface area contributed by atoms with E-state index in [0.29, 0.717) is 23.1 Å². The van der Waals surface area contributed by atoms with Gasteiger partial charge in [0.2, 0.25) is 0 Å². The van der Waals surface area contributed by atoms with E-state index < -0.39 is 0 Å². The standard InChI is InChI=1S/C20H18ClNO2/c1-14-7-9-15(10-8-14)13-22(2)20(23)19-12-11-18(24-19)16-5-3-4-6-17(16)21/h3-12H,13H2,1-2H3. The van der Waals surface area contributed by atoms with Gasteiger partial charge in [0.05, 0.1) is 5.02 Å². The van der Waals surface area contributed by atoms with Crippen LogP contribution in [0.25, 0.3) is 11.3 Å². The fraction of sp³-hybridized carbons (Fsp3) is 0.150. The van der Waals surface area contributed by atoms with E-state index in [9.17, 15) is 4.79 Å². The van der Waals surface area contributed by atoms with Crippen molar-refractivity contribution in [2.45, 2.75) is 13.5 Å². The average Bonchev–Trinajstić information content (AvgIpc) is 3.06. The van der Waals surface area contributed by atoms with Crippen LogP contribution in [0.2, 0.25) is 5.02 Å². The Labute approximate surface area is 146 Å². The molecule has 0 aliphatic carbocycles. The van der Waals surface area contributed by atoms with Gasteiger partial charge in [0.1, 0.15) is 5.76 Å². The Morgan fingerprint density at radius 1 is 1.04 bits per heavy atom. The van der Waals surface area contributed by atoms with Gasteiger partial charge in [-0.2, -0.15) is 0 Å². The van der Waals surface area contributed by atoms with Crippen molar-refractivity contribution in [1.82, 2.24) is 4.90 Å². The van der Waals surface area contributed by atoms with Gasteiger partial charge >= 0.3 is 0 Å². The summed E-state index contributed by atoms with van der Waals surface area (Å²) in [4.78, 5) is 14.2. The van der Waals surface area contributed by atoms with Crippen molar-refractivity contribution >= 4 is 17.5 Å². The number of carbonyl (C=O) groups is 1. The largest absolute Gasteiger partial charge is 0.451 e. The highest BCUT2D eigenvalue weighted by Crippen LogP contribution is 2.29. The lowest BCUT2D eigenvalue weighted by Crippen LogP contribution is -2.25. The van der Waals surface area contributed by atoms with Crippen LogP contribution in [-0.4, -0.2) is 17.9 Å². The number of nitrogens with zero attached hydrogens (tertiary/aromatic N) is 1. The summed E-state index contributed by atoms with van der Waals surface area (Å²) in [7, 11) is 1.76. The van der Waals surface area contributed by atoms with Gasteiger partial charge in [-0.15, -0.1) is 0 Å². The quantitative estimate of drug-likeness (QED) is 0.656. The molecule has 0 N–H and O–H groups in total. The van der Waals surface area contributed by atoms with Crippen molar-refractivity contribution in [2.24, 2.45) is 0 Å². The highest BCUT2D eigenvalue weighted by Gasteiger charge is 2.17. The zero-order valence-electron chi connectivity index (χ0n) is 13.6. The zero-order valence-corrected chi connectivity index (χ0v) is 14.4. The molecule has 3 nitrogen and oxygen atoms in total. The topological polar surface area (TPSA) is 33.5 Å². The van der Waals surface area contributed by atoms with Crippen LogP contribution in [0.5, 0.6) is 0 Å². The van der Waals surface area contributed by atoms with Crippen LogP contribution >= 0.6 is 11.6 Å². The number of carbonyl (C=O) groups excluding carboxylic acids is 1. The first kappa shape index (κ1) is 16.3. The van der Waals surface area contributed by atoms with Crippen LogP contribution in [0, 0.1) is 6.92 Å². The smallest absolute Gasteiger partial charge is 0.289 e. The van der Waals surface area contributed by atoms with Crippen LogP contribution in [0.4, 0.5) is 0 Å². The summed E-state index contributed by atoms with van der Waals surface area (Å²) in [5.41, 5.74) is 3.05. The first-order chi connectivity index (χ1) is 11.5. The second-order valence-electron chi connectivity index (χ2n) is 5.79. The fourth-order valence-corrected chi connectivity index (χ4v) is 2.71. The molecular formula is C20H18ClNO2. The lowest BCUT2D eigenvalue weighted by Gasteiger charge is -2.16. The number of rotatable bonds is 4. The average molecular weight is 340 g/mol. The monoisotopic (exact) mass is 339 g/mol. The highest BCUT2D eigenvalue weighted by molar-refractivity contribution is 6.33. The van der Waals surface area contributed by atoms with Gasteiger partial charge in [-0.25, -0.2) is 0 Å². The van der Waals surface area contributed by atoms with E-state index in [1.807, 2.05) is 49.4 Å². The van der Waals surface area contributed by atoms with Gasteiger partial charge in [0, 0.05) is 19.2 Å². The number of amides is 1. The van der Waals surface area contributed by atoms with E-state index in [4.69, 9.17) is 16.0 Å². The molecule has 24 heavy (non-hydrogen) atoms. The van der Waals surface area contributed by atoms with Crippen molar-refractivity contribution < 1.29 is 9.21 Å². The van der Waals surface area contributed by atoms with E-state index in [0.717, 1.165) is 11.1 Å². The summed E-state index contributed by atoms with van der Waals surface area (Å²) >= 11 is 6.17. The maximum absolute atomic E-state index is 12.5. The lowest BCUT2D eigenvalue weighted by atomic mass is 10.1. The summed E-state index contributed by atoms with van der Waals surface area (Å²) in [6, 6.07) is 19.0. The summed E-state index contributed by atoms with van der Waals surface area (Å²) in [6.45, 7) is 2.57. The van der Waals surface area contributed by atoms with Gasteiger partial charge < -0.3 is 9.32 Å². The Bertz CT molecular complexity index is 852. The van der Waals surface area contributed by atoms with Crippen molar-refractivity contribution in [3.63, 3.8) is 0 Å². The van der Waals surface area contributed by atoms with Gasteiger partial charge in [0.25, 0.3) is 5.91 Å². The molecule has 0 radical (unpaired) electrons. The molecule has 0 atom stereocenters. The summed E-state index contributed by atoms with van der Waals surface area (Å²) < 4.78 is 5.71. The minimum absolute atomic E-state index is 0.158. The molecule has 3 rings (SSSR count). The molecule has 0 aliphatic heterocycles. The van der Waals surface area contributed by atoms with E-state index in [2.05, 4.69) is 0 Å². The Morgan fingerprint density at radius 2 is 1.75 bits per heavy atom. The first-order valence-electron chi connectivity index (χ1n) is 7.70. The van der Waals surface area contributed by atoms with Crippen molar-refractivity contribution in [3.05, 3.63) is 82.6 Å². The van der Waals surface area contributed by atoms with E-state index in [-0.39, 0.29) is 5.91 Å². The molecule has 122 valence electrons. The minimum atomic E-state index is -0.158. The van der Waals surface area contributed by atoms with Crippen LogP contribution in [0.3, 0.4) is 0 Å². The van der Waals surface area contributed by atoms with Crippen molar-refractivity contribution in [3.8, 4) is 11.3 Å². The summed E-state index contributed by atoms with van der Waals surface area (Å²) in [6.07, 6.45) is 0. The normalized spacial score (nSPS) is 10.6. The molecule has 0 unspecified atom stereocenters. The van der Waals surface area contributed by atoms with Crippen molar-refractivity contribution in [2.75, 3.05) is 7.05 Å². The Balaban J connectivity index is 1.76. The molecule has 0 fully saturated rings. The second-order valence-corrected chi connectivity index (χ2v) is 6.20. The molecule has 1 heterocycles. The van der Waals surface area contributed by atoms with Gasteiger partial charge in [-0.05, 0) is 36.8 Å². The second kappa shape index (κ2) is 6.93.